The Labute approximate surface area is 157 Å². The maximum Gasteiger partial charge on any atom is 0.323 e. The fourth-order valence-electron chi connectivity index (χ4n) is 2.71. The van der Waals surface area contributed by atoms with Crippen molar-refractivity contribution in [2.45, 2.75) is 13.0 Å². The summed E-state index contributed by atoms with van der Waals surface area (Å²) >= 11 is 5.82. The summed E-state index contributed by atoms with van der Waals surface area (Å²) in [5, 5.41) is 6.05. The number of rotatable bonds is 3. The fourth-order valence-corrected chi connectivity index (χ4v) is 2.83. The third kappa shape index (κ3) is 4.74. The minimum atomic E-state index is -0.367. The van der Waals surface area contributed by atoms with Crippen LogP contribution in [0, 0.1) is 0 Å². The van der Waals surface area contributed by atoms with Gasteiger partial charge in [-0.2, -0.15) is 0 Å². The molecule has 0 radical (unpaired) electrons. The highest BCUT2D eigenvalue weighted by atomic mass is 35.5. The van der Waals surface area contributed by atoms with Gasteiger partial charge in [-0.15, -0.1) is 0 Å². The smallest absolute Gasteiger partial charge is 0.323 e. The van der Waals surface area contributed by atoms with Crippen LogP contribution in [0.3, 0.4) is 0 Å². The first-order valence-electron chi connectivity index (χ1n) is 8.36. The molecule has 1 fully saturated rings. The van der Waals surface area contributed by atoms with E-state index in [2.05, 4.69) is 10.6 Å². The number of nitrogens with one attached hydrogen (secondary N) is 2. The van der Waals surface area contributed by atoms with Crippen LogP contribution >= 0.6 is 11.6 Å². The Kier molecular flexibility index (Phi) is 5.75. The van der Waals surface area contributed by atoms with E-state index in [4.69, 9.17) is 16.3 Å². The number of hydrogen-bond acceptors (Lipinski definition) is 3. The first-order chi connectivity index (χ1) is 12.5. The Balaban J connectivity index is 1.57. The number of halogens is 1. The maximum atomic E-state index is 12.5. The molecule has 1 unspecified atom stereocenters. The van der Waals surface area contributed by atoms with Crippen molar-refractivity contribution in [2.75, 3.05) is 30.3 Å². The average molecular weight is 374 g/mol. The number of urea groups is 1. The summed E-state index contributed by atoms with van der Waals surface area (Å²) in [7, 11) is 0. The number of benzene rings is 2. The van der Waals surface area contributed by atoms with Gasteiger partial charge in [0.15, 0.2) is 0 Å². The largest absolute Gasteiger partial charge is 0.375 e. The van der Waals surface area contributed by atoms with Crippen LogP contribution in [-0.2, 0) is 4.74 Å². The highest BCUT2D eigenvalue weighted by molar-refractivity contribution is 6.30. The predicted octanol–water partition coefficient (Wildman–Crippen LogP) is 3.84. The first kappa shape index (κ1) is 18.2. The van der Waals surface area contributed by atoms with E-state index < -0.39 is 0 Å². The lowest BCUT2D eigenvalue weighted by atomic mass is 10.1. The van der Waals surface area contributed by atoms with Gasteiger partial charge in [0.2, 0.25) is 0 Å². The summed E-state index contributed by atoms with van der Waals surface area (Å²) in [5.41, 5.74) is 1.83. The number of nitrogens with zero attached hydrogens (tertiary/aromatic N) is 1. The Morgan fingerprint density at radius 1 is 1.04 bits per heavy atom. The monoisotopic (exact) mass is 373 g/mol. The summed E-state index contributed by atoms with van der Waals surface area (Å²) in [5.74, 6) is -0.0303. The topological polar surface area (TPSA) is 70.7 Å². The molecule has 26 heavy (non-hydrogen) atoms. The number of amides is 3. The molecule has 2 aromatic carbocycles. The third-order valence-electron chi connectivity index (χ3n) is 4.02. The van der Waals surface area contributed by atoms with Crippen molar-refractivity contribution in [1.82, 2.24) is 4.90 Å². The second-order valence-corrected chi connectivity index (χ2v) is 6.53. The van der Waals surface area contributed by atoms with Crippen molar-refractivity contribution in [3.63, 3.8) is 0 Å². The van der Waals surface area contributed by atoms with Crippen LogP contribution in [0.1, 0.15) is 17.3 Å². The molecule has 1 atom stereocenters. The minimum Gasteiger partial charge on any atom is -0.375 e. The van der Waals surface area contributed by atoms with Gasteiger partial charge < -0.3 is 20.3 Å². The molecule has 7 heteroatoms. The molecule has 1 saturated heterocycles. The molecule has 0 bridgehead atoms. The molecule has 1 aliphatic rings. The van der Waals surface area contributed by atoms with Crippen LogP contribution < -0.4 is 10.6 Å². The summed E-state index contributed by atoms with van der Waals surface area (Å²) in [6.45, 7) is 3.68. The molecule has 136 valence electrons. The van der Waals surface area contributed by atoms with E-state index in [-0.39, 0.29) is 18.0 Å². The van der Waals surface area contributed by atoms with Crippen LogP contribution in [0.4, 0.5) is 16.2 Å². The van der Waals surface area contributed by atoms with Crippen molar-refractivity contribution in [3.8, 4) is 0 Å². The van der Waals surface area contributed by atoms with Crippen LogP contribution in [-0.4, -0.2) is 42.6 Å². The van der Waals surface area contributed by atoms with Crippen molar-refractivity contribution >= 4 is 34.9 Å². The molecule has 2 N–H and O–H groups in total. The van der Waals surface area contributed by atoms with Gasteiger partial charge in [0.05, 0.1) is 12.7 Å². The normalized spacial score (nSPS) is 16.8. The molecular weight excluding hydrogens is 354 g/mol. The quantitative estimate of drug-likeness (QED) is 0.858. The van der Waals surface area contributed by atoms with E-state index in [1.807, 2.05) is 6.92 Å². The number of carbonyl (C=O) groups is 2. The average Bonchev–Trinajstić information content (AvgIpc) is 2.64. The molecule has 2 aromatic rings. The highest BCUT2D eigenvalue weighted by Gasteiger charge is 2.22. The van der Waals surface area contributed by atoms with Crippen LogP contribution in [0.2, 0.25) is 5.02 Å². The van der Waals surface area contributed by atoms with E-state index in [1.54, 1.807) is 53.4 Å². The zero-order valence-corrected chi connectivity index (χ0v) is 15.1. The summed E-state index contributed by atoms with van der Waals surface area (Å²) in [6, 6.07) is 13.3. The fraction of sp³-hybridized carbons (Fsp3) is 0.263. The van der Waals surface area contributed by atoms with Gasteiger partial charge in [0.1, 0.15) is 0 Å². The zero-order valence-electron chi connectivity index (χ0n) is 14.4. The predicted molar refractivity (Wildman–Crippen MR) is 102 cm³/mol. The Bertz CT molecular complexity index is 778. The van der Waals surface area contributed by atoms with Crippen LogP contribution in [0.5, 0.6) is 0 Å². The van der Waals surface area contributed by atoms with Crippen molar-refractivity contribution < 1.29 is 14.3 Å². The summed E-state index contributed by atoms with van der Waals surface area (Å²) in [4.78, 5) is 26.3. The van der Waals surface area contributed by atoms with Gasteiger partial charge in [-0.1, -0.05) is 11.6 Å². The maximum absolute atomic E-state index is 12.5. The molecule has 3 amide bonds. The molecular formula is C19H20ClN3O3. The molecule has 3 rings (SSSR count). The SMILES string of the molecule is CC1CN(C(=O)c2ccc(NC(=O)Nc3ccc(Cl)cc3)cc2)CCO1. The van der Waals surface area contributed by atoms with Crippen LogP contribution in [0.15, 0.2) is 48.5 Å². The molecule has 1 heterocycles. The molecule has 0 saturated carbocycles. The first-order valence-corrected chi connectivity index (χ1v) is 8.73. The Hall–Kier alpha value is -2.57. The van der Waals surface area contributed by atoms with E-state index >= 15 is 0 Å². The van der Waals surface area contributed by atoms with Gasteiger partial charge in [-0.3, -0.25) is 4.79 Å². The van der Waals surface area contributed by atoms with Crippen molar-refractivity contribution in [3.05, 3.63) is 59.1 Å². The lowest BCUT2D eigenvalue weighted by molar-refractivity contribution is -0.0124. The number of morpholine rings is 1. The van der Waals surface area contributed by atoms with Gasteiger partial charge in [-0.25, -0.2) is 4.79 Å². The number of anilines is 2. The zero-order chi connectivity index (χ0) is 18.5. The third-order valence-corrected chi connectivity index (χ3v) is 4.27. The van der Waals surface area contributed by atoms with E-state index in [9.17, 15) is 9.59 Å². The summed E-state index contributed by atoms with van der Waals surface area (Å²) in [6.07, 6.45) is 0.0465. The Morgan fingerprint density at radius 3 is 2.19 bits per heavy atom. The second-order valence-electron chi connectivity index (χ2n) is 6.10. The second kappa shape index (κ2) is 8.21. The van der Waals surface area contributed by atoms with Crippen molar-refractivity contribution in [1.29, 1.82) is 0 Å². The van der Waals surface area contributed by atoms with Crippen LogP contribution in [0.25, 0.3) is 0 Å². The lowest BCUT2D eigenvalue weighted by Crippen LogP contribution is -2.44. The number of ether oxygens (including phenoxy) is 1. The van der Waals surface area contributed by atoms with Gasteiger partial charge in [0.25, 0.3) is 5.91 Å². The van der Waals surface area contributed by atoms with Gasteiger partial charge in [0, 0.05) is 35.1 Å². The standard InChI is InChI=1S/C19H20ClN3O3/c1-13-12-23(10-11-26-13)18(24)14-2-6-16(7-3-14)21-19(25)22-17-8-4-15(20)5-9-17/h2-9,13H,10-12H2,1H3,(H2,21,22,25). The molecule has 0 aliphatic carbocycles. The molecule has 6 nitrogen and oxygen atoms in total. The van der Waals surface area contributed by atoms with E-state index in [1.165, 1.54) is 0 Å². The van der Waals surface area contributed by atoms with E-state index in [0.29, 0.717) is 41.7 Å². The minimum absolute atomic E-state index is 0.0303. The molecule has 0 aromatic heterocycles. The highest BCUT2D eigenvalue weighted by Crippen LogP contribution is 2.16. The molecule has 0 spiro atoms. The molecule has 1 aliphatic heterocycles. The summed E-state index contributed by atoms with van der Waals surface area (Å²) < 4.78 is 5.46. The van der Waals surface area contributed by atoms with Crippen molar-refractivity contribution in [2.24, 2.45) is 0 Å². The number of hydrogen-bond donors (Lipinski definition) is 2. The van der Waals surface area contributed by atoms with Gasteiger partial charge in [-0.05, 0) is 55.5 Å². The van der Waals surface area contributed by atoms with E-state index in [0.717, 1.165) is 0 Å². The lowest BCUT2D eigenvalue weighted by Gasteiger charge is -2.31. The number of carbonyl (C=O) groups excluding carboxylic acids is 2. The Morgan fingerprint density at radius 2 is 1.62 bits per heavy atom. The van der Waals surface area contributed by atoms with Gasteiger partial charge >= 0.3 is 6.03 Å².